The van der Waals surface area contributed by atoms with Crippen molar-refractivity contribution in [3.05, 3.63) is 42.1 Å². The summed E-state index contributed by atoms with van der Waals surface area (Å²) in [4.78, 5) is 14.1. The minimum Gasteiger partial charge on any atom is -0.422 e. The van der Waals surface area contributed by atoms with E-state index in [2.05, 4.69) is 25.8 Å². The standard InChI is InChI=1S/C23H25N5O/c24-15-17-4-6-18(7-5-17)19-14-21-22(25-16-19)26-23(29-21)28-12-8-20(9-13-28)27-10-2-1-3-11-27/h4-7,14,16,20H,1-3,8-13H2. The van der Waals surface area contributed by atoms with Gasteiger partial charge < -0.3 is 14.2 Å². The van der Waals surface area contributed by atoms with Crippen LogP contribution >= 0.6 is 0 Å². The number of nitriles is 1. The number of rotatable bonds is 3. The first kappa shape index (κ1) is 18.1. The molecular weight excluding hydrogens is 362 g/mol. The Labute approximate surface area is 170 Å². The van der Waals surface area contributed by atoms with E-state index < -0.39 is 0 Å². The fourth-order valence-corrected chi connectivity index (χ4v) is 4.54. The van der Waals surface area contributed by atoms with Gasteiger partial charge in [0.2, 0.25) is 5.65 Å². The van der Waals surface area contributed by atoms with Crippen molar-refractivity contribution < 1.29 is 4.42 Å². The molecule has 2 aliphatic heterocycles. The van der Waals surface area contributed by atoms with E-state index in [1.807, 2.05) is 36.5 Å². The normalized spacial score (nSPS) is 18.8. The van der Waals surface area contributed by atoms with Crippen LogP contribution in [-0.2, 0) is 0 Å². The van der Waals surface area contributed by atoms with Crippen LogP contribution in [0.15, 0.2) is 40.9 Å². The maximum Gasteiger partial charge on any atom is 0.299 e. The molecule has 2 aliphatic rings. The van der Waals surface area contributed by atoms with Gasteiger partial charge in [-0.2, -0.15) is 10.2 Å². The molecular formula is C23H25N5O. The minimum atomic E-state index is 0.649. The summed E-state index contributed by atoms with van der Waals surface area (Å²) in [7, 11) is 0. The van der Waals surface area contributed by atoms with Crippen LogP contribution in [0, 0.1) is 11.3 Å². The molecule has 0 spiro atoms. The molecule has 5 rings (SSSR count). The maximum absolute atomic E-state index is 8.96. The monoisotopic (exact) mass is 387 g/mol. The van der Waals surface area contributed by atoms with Crippen molar-refractivity contribution >= 4 is 17.2 Å². The molecule has 2 saturated heterocycles. The van der Waals surface area contributed by atoms with E-state index in [1.54, 1.807) is 0 Å². The van der Waals surface area contributed by atoms with Gasteiger partial charge in [-0.25, -0.2) is 4.98 Å². The predicted molar refractivity (Wildman–Crippen MR) is 113 cm³/mol. The molecule has 4 heterocycles. The van der Waals surface area contributed by atoms with Gasteiger partial charge in [-0.1, -0.05) is 18.6 Å². The molecule has 29 heavy (non-hydrogen) atoms. The van der Waals surface area contributed by atoms with Gasteiger partial charge in [-0.15, -0.1) is 0 Å². The summed E-state index contributed by atoms with van der Waals surface area (Å²) in [6.45, 7) is 4.48. The highest BCUT2D eigenvalue weighted by Crippen LogP contribution is 2.29. The van der Waals surface area contributed by atoms with E-state index in [1.165, 1.54) is 45.2 Å². The van der Waals surface area contributed by atoms with Gasteiger partial charge in [0.25, 0.3) is 6.01 Å². The SMILES string of the molecule is N#Cc1ccc(-c2cnc3nc(N4CCC(N5CCCCC5)CC4)oc3c2)cc1. The topological polar surface area (TPSA) is 69.2 Å². The average Bonchev–Trinajstić information content (AvgIpc) is 3.23. The number of fused-ring (bicyclic) bond motifs is 1. The molecule has 0 unspecified atom stereocenters. The third kappa shape index (κ3) is 3.70. The van der Waals surface area contributed by atoms with Crippen molar-refractivity contribution in [3.8, 4) is 17.2 Å². The molecule has 0 amide bonds. The molecule has 0 atom stereocenters. The third-order valence-electron chi connectivity index (χ3n) is 6.23. The predicted octanol–water partition coefficient (Wildman–Crippen LogP) is 4.22. The molecule has 1 aromatic carbocycles. The van der Waals surface area contributed by atoms with Gasteiger partial charge in [0, 0.05) is 30.9 Å². The lowest BCUT2D eigenvalue weighted by Crippen LogP contribution is -2.46. The second-order valence-corrected chi connectivity index (χ2v) is 8.05. The number of benzene rings is 1. The number of piperidine rings is 2. The summed E-state index contributed by atoms with van der Waals surface area (Å²) >= 11 is 0. The fourth-order valence-electron chi connectivity index (χ4n) is 4.54. The lowest BCUT2D eigenvalue weighted by molar-refractivity contribution is 0.140. The summed E-state index contributed by atoms with van der Waals surface area (Å²) in [5.41, 5.74) is 3.99. The average molecular weight is 387 g/mol. The second-order valence-electron chi connectivity index (χ2n) is 8.05. The zero-order chi connectivity index (χ0) is 19.6. The van der Waals surface area contributed by atoms with Crippen LogP contribution in [0.5, 0.6) is 0 Å². The van der Waals surface area contributed by atoms with Crippen molar-refractivity contribution in [3.63, 3.8) is 0 Å². The van der Waals surface area contributed by atoms with Gasteiger partial charge in [0.1, 0.15) is 0 Å². The number of pyridine rings is 1. The molecule has 2 fully saturated rings. The summed E-state index contributed by atoms with van der Waals surface area (Å²) in [6, 6.07) is 13.0. The largest absolute Gasteiger partial charge is 0.422 e. The molecule has 0 N–H and O–H groups in total. The van der Waals surface area contributed by atoms with Gasteiger partial charge in [0.05, 0.1) is 11.6 Å². The van der Waals surface area contributed by atoms with Crippen molar-refractivity contribution in [1.29, 1.82) is 5.26 Å². The first-order chi connectivity index (χ1) is 14.3. The molecule has 3 aromatic rings. The van der Waals surface area contributed by atoms with E-state index >= 15 is 0 Å². The van der Waals surface area contributed by atoms with Crippen LogP contribution < -0.4 is 4.90 Å². The van der Waals surface area contributed by atoms with Gasteiger partial charge >= 0.3 is 0 Å². The smallest absolute Gasteiger partial charge is 0.299 e. The van der Waals surface area contributed by atoms with E-state index in [-0.39, 0.29) is 0 Å². The number of nitrogens with zero attached hydrogens (tertiary/aromatic N) is 5. The van der Waals surface area contributed by atoms with E-state index in [9.17, 15) is 0 Å². The van der Waals surface area contributed by atoms with Crippen LogP contribution in [0.25, 0.3) is 22.4 Å². The fraction of sp³-hybridized carbons (Fsp3) is 0.435. The van der Waals surface area contributed by atoms with Crippen LogP contribution in [-0.4, -0.2) is 47.1 Å². The summed E-state index contributed by atoms with van der Waals surface area (Å²) < 4.78 is 6.08. The minimum absolute atomic E-state index is 0.649. The first-order valence-corrected chi connectivity index (χ1v) is 10.6. The Balaban J connectivity index is 1.30. The number of hydrogen-bond acceptors (Lipinski definition) is 6. The number of oxazole rings is 1. The van der Waals surface area contributed by atoms with Crippen LogP contribution in [0.3, 0.4) is 0 Å². The number of aromatic nitrogens is 2. The molecule has 6 nitrogen and oxygen atoms in total. The Hall–Kier alpha value is -2.91. The molecule has 2 aromatic heterocycles. The Morgan fingerprint density at radius 2 is 1.72 bits per heavy atom. The summed E-state index contributed by atoms with van der Waals surface area (Å²) in [5.74, 6) is 0. The molecule has 0 radical (unpaired) electrons. The Kier molecular flexibility index (Phi) is 4.91. The van der Waals surface area contributed by atoms with Crippen molar-refractivity contribution in [2.75, 3.05) is 31.1 Å². The number of likely N-dealkylation sites (tertiary alicyclic amines) is 1. The zero-order valence-corrected chi connectivity index (χ0v) is 16.5. The lowest BCUT2D eigenvalue weighted by atomic mass is 10.0. The molecule has 0 bridgehead atoms. The molecule has 148 valence electrons. The van der Waals surface area contributed by atoms with Gasteiger partial charge in [-0.05, 0) is 62.5 Å². The van der Waals surface area contributed by atoms with Crippen LogP contribution in [0.2, 0.25) is 0 Å². The number of hydrogen-bond donors (Lipinski definition) is 0. The lowest BCUT2D eigenvalue weighted by Gasteiger charge is -2.39. The first-order valence-electron chi connectivity index (χ1n) is 10.6. The zero-order valence-electron chi connectivity index (χ0n) is 16.5. The van der Waals surface area contributed by atoms with Gasteiger partial charge in [0.15, 0.2) is 5.58 Å². The molecule has 0 saturated carbocycles. The van der Waals surface area contributed by atoms with Crippen molar-refractivity contribution in [2.24, 2.45) is 0 Å². The molecule has 6 heteroatoms. The van der Waals surface area contributed by atoms with Gasteiger partial charge in [-0.3, -0.25) is 0 Å². The Bertz CT molecular complexity index is 1020. The van der Waals surface area contributed by atoms with Crippen LogP contribution in [0.1, 0.15) is 37.7 Å². The second kappa shape index (κ2) is 7.84. The quantitative estimate of drug-likeness (QED) is 0.670. The maximum atomic E-state index is 8.96. The van der Waals surface area contributed by atoms with Crippen molar-refractivity contribution in [1.82, 2.24) is 14.9 Å². The highest BCUT2D eigenvalue weighted by atomic mass is 16.4. The highest BCUT2D eigenvalue weighted by molar-refractivity contribution is 5.77. The van der Waals surface area contributed by atoms with Crippen molar-refractivity contribution in [2.45, 2.75) is 38.1 Å². The Morgan fingerprint density at radius 1 is 0.966 bits per heavy atom. The highest BCUT2D eigenvalue weighted by Gasteiger charge is 2.27. The summed E-state index contributed by atoms with van der Waals surface area (Å²) in [6.07, 6.45) is 8.23. The summed E-state index contributed by atoms with van der Waals surface area (Å²) in [5, 5.41) is 8.96. The number of anilines is 1. The third-order valence-corrected chi connectivity index (χ3v) is 6.23. The Morgan fingerprint density at radius 3 is 2.45 bits per heavy atom. The van der Waals surface area contributed by atoms with Crippen LogP contribution in [0.4, 0.5) is 6.01 Å². The van der Waals surface area contributed by atoms with E-state index in [0.717, 1.165) is 24.2 Å². The molecule has 0 aliphatic carbocycles. The van der Waals surface area contributed by atoms with E-state index in [4.69, 9.17) is 9.68 Å². The van der Waals surface area contributed by atoms with E-state index in [0.29, 0.717) is 28.9 Å².